The molecule has 1 aromatic rings. The molecular formula is C14H24N2O2S. The number of rotatable bonds is 8. The van der Waals surface area contributed by atoms with Gasteiger partial charge in [0.25, 0.3) is 0 Å². The van der Waals surface area contributed by atoms with Crippen LogP contribution in [0.15, 0.2) is 24.3 Å². The Kier molecular flexibility index (Phi) is 6.48. The monoisotopic (exact) mass is 284 g/mol. The van der Waals surface area contributed by atoms with Gasteiger partial charge in [0.2, 0.25) is 10.0 Å². The van der Waals surface area contributed by atoms with Crippen LogP contribution in [0.1, 0.15) is 36.9 Å². The van der Waals surface area contributed by atoms with Gasteiger partial charge in [0.15, 0.2) is 0 Å². The van der Waals surface area contributed by atoms with Gasteiger partial charge < -0.3 is 5.32 Å². The Morgan fingerprint density at radius 2 is 1.89 bits per heavy atom. The summed E-state index contributed by atoms with van der Waals surface area (Å²) in [4.78, 5) is 0. The summed E-state index contributed by atoms with van der Waals surface area (Å²) in [5.41, 5.74) is 2.13. The summed E-state index contributed by atoms with van der Waals surface area (Å²) in [6.45, 7) is 4.73. The molecule has 1 rings (SSSR count). The zero-order valence-electron chi connectivity index (χ0n) is 11.9. The summed E-state index contributed by atoms with van der Waals surface area (Å²) in [6, 6.07) is 7.66. The number of sulfonamides is 1. The Balaban J connectivity index is 2.56. The van der Waals surface area contributed by atoms with Gasteiger partial charge in [0.05, 0.1) is 5.75 Å². The van der Waals surface area contributed by atoms with E-state index in [0.29, 0.717) is 6.42 Å². The molecule has 0 aliphatic carbocycles. The molecule has 0 amide bonds. The zero-order valence-corrected chi connectivity index (χ0v) is 12.8. The summed E-state index contributed by atoms with van der Waals surface area (Å²) < 4.78 is 26.7. The van der Waals surface area contributed by atoms with E-state index in [-0.39, 0.29) is 11.8 Å². The second kappa shape index (κ2) is 7.62. The molecule has 0 saturated carbocycles. The maximum Gasteiger partial charge on any atom is 0.212 e. The van der Waals surface area contributed by atoms with Crippen LogP contribution in [0.25, 0.3) is 0 Å². The minimum Gasteiger partial charge on any atom is -0.320 e. The molecule has 4 nitrogen and oxygen atoms in total. The molecule has 0 aliphatic rings. The van der Waals surface area contributed by atoms with Crippen LogP contribution < -0.4 is 10.0 Å². The highest BCUT2D eigenvalue weighted by atomic mass is 32.2. The van der Waals surface area contributed by atoms with E-state index >= 15 is 0 Å². The largest absolute Gasteiger partial charge is 0.320 e. The molecule has 0 heterocycles. The van der Waals surface area contributed by atoms with Crippen molar-refractivity contribution < 1.29 is 8.42 Å². The molecule has 1 atom stereocenters. The van der Waals surface area contributed by atoms with Gasteiger partial charge in [-0.05, 0) is 51.4 Å². The van der Waals surface area contributed by atoms with E-state index in [2.05, 4.69) is 10.0 Å². The smallest absolute Gasteiger partial charge is 0.212 e. The van der Waals surface area contributed by atoms with E-state index in [9.17, 15) is 8.42 Å². The fourth-order valence-electron chi connectivity index (χ4n) is 2.06. The van der Waals surface area contributed by atoms with Crippen molar-refractivity contribution in [2.45, 2.75) is 32.7 Å². The molecular weight excluding hydrogens is 260 g/mol. The number of benzene rings is 1. The van der Waals surface area contributed by atoms with E-state index in [1.165, 1.54) is 0 Å². The third-order valence-corrected chi connectivity index (χ3v) is 4.64. The van der Waals surface area contributed by atoms with Crippen LogP contribution in [0.5, 0.6) is 0 Å². The summed E-state index contributed by atoms with van der Waals surface area (Å²) in [7, 11) is -1.34. The first-order valence-corrected chi connectivity index (χ1v) is 8.31. The van der Waals surface area contributed by atoms with Crippen molar-refractivity contribution in [1.29, 1.82) is 0 Å². The van der Waals surface area contributed by atoms with Crippen LogP contribution in [0.4, 0.5) is 0 Å². The summed E-state index contributed by atoms with van der Waals surface area (Å²) in [6.07, 6.45) is 1.55. The Bertz CT molecular complexity index is 486. The third-order valence-electron chi connectivity index (χ3n) is 3.10. The predicted molar refractivity (Wildman–Crippen MR) is 79.7 cm³/mol. The molecule has 0 bridgehead atoms. The third kappa shape index (κ3) is 5.72. The second-order valence-corrected chi connectivity index (χ2v) is 6.70. The summed E-state index contributed by atoms with van der Waals surface area (Å²) in [5.74, 6) is 0.185. The second-order valence-electron chi connectivity index (χ2n) is 4.83. The topological polar surface area (TPSA) is 58.2 Å². The van der Waals surface area contributed by atoms with Gasteiger partial charge in [0, 0.05) is 6.04 Å². The molecule has 0 aromatic heterocycles. The number of hydrogen-bond donors (Lipinski definition) is 2. The first-order chi connectivity index (χ1) is 8.96. The molecule has 19 heavy (non-hydrogen) atoms. The molecule has 0 spiro atoms. The SMILES string of the molecule is CNCCCCS(=O)(=O)NC(C)c1ccccc1C. The van der Waals surface area contributed by atoms with E-state index in [0.717, 1.165) is 24.1 Å². The number of aryl methyl sites for hydroxylation is 1. The number of unbranched alkanes of at least 4 members (excludes halogenated alkanes) is 1. The fourth-order valence-corrected chi connectivity index (χ4v) is 3.43. The lowest BCUT2D eigenvalue weighted by atomic mass is 10.0. The standard InChI is InChI=1S/C14H24N2O2S/c1-12-8-4-5-9-14(12)13(2)16-19(17,18)11-7-6-10-15-3/h4-5,8-9,13,15-16H,6-7,10-11H2,1-3H3. The number of nitrogens with one attached hydrogen (secondary N) is 2. The molecule has 2 N–H and O–H groups in total. The molecule has 0 aliphatic heterocycles. The normalized spacial score (nSPS) is 13.4. The van der Waals surface area contributed by atoms with Gasteiger partial charge in [-0.25, -0.2) is 13.1 Å². The quantitative estimate of drug-likeness (QED) is 0.718. The van der Waals surface area contributed by atoms with E-state index < -0.39 is 10.0 Å². The van der Waals surface area contributed by atoms with Crippen LogP contribution in [0.3, 0.4) is 0 Å². The summed E-state index contributed by atoms with van der Waals surface area (Å²) >= 11 is 0. The van der Waals surface area contributed by atoms with Crippen molar-refractivity contribution in [3.8, 4) is 0 Å². The summed E-state index contributed by atoms with van der Waals surface area (Å²) in [5, 5.41) is 3.01. The van der Waals surface area contributed by atoms with Crippen molar-refractivity contribution in [3.63, 3.8) is 0 Å². The highest BCUT2D eigenvalue weighted by molar-refractivity contribution is 7.89. The predicted octanol–water partition coefficient (Wildman–Crippen LogP) is 1.98. The van der Waals surface area contributed by atoms with Crippen molar-refractivity contribution in [3.05, 3.63) is 35.4 Å². The van der Waals surface area contributed by atoms with Crippen molar-refractivity contribution in [2.75, 3.05) is 19.3 Å². The van der Waals surface area contributed by atoms with Gasteiger partial charge in [-0.3, -0.25) is 0 Å². The lowest BCUT2D eigenvalue weighted by Gasteiger charge is -2.16. The average Bonchev–Trinajstić information content (AvgIpc) is 2.34. The van der Waals surface area contributed by atoms with Crippen LogP contribution in [0.2, 0.25) is 0 Å². The van der Waals surface area contributed by atoms with Crippen LogP contribution >= 0.6 is 0 Å². The van der Waals surface area contributed by atoms with E-state index in [4.69, 9.17) is 0 Å². The maximum atomic E-state index is 12.0. The maximum absolute atomic E-state index is 12.0. The van der Waals surface area contributed by atoms with Gasteiger partial charge in [-0.1, -0.05) is 24.3 Å². The van der Waals surface area contributed by atoms with E-state index in [1.807, 2.05) is 45.2 Å². The van der Waals surface area contributed by atoms with Gasteiger partial charge >= 0.3 is 0 Å². The Labute approximate surface area is 116 Å². The van der Waals surface area contributed by atoms with Crippen LogP contribution in [-0.4, -0.2) is 27.8 Å². The Hall–Kier alpha value is -0.910. The molecule has 1 aromatic carbocycles. The molecule has 0 fully saturated rings. The number of hydrogen-bond acceptors (Lipinski definition) is 3. The molecule has 1 unspecified atom stereocenters. The average molecular weight is 284 g/mol. The minimum absolute atomic E-state index is 0.185. The molecule has 0 radical (unpaired) electrons. The van der Waals surface area contributed by atoms with Gasteiger partial charge in [-0.2, -0.15) is 0 Å². The molecule has 108 valence electrons. The fraction of sp³-hybridized carbons (Fsp3) is 0.571. The van der Waals surface area contributed by atoms with Crippen molar-refractivity contribution in [2.24, 2.45) is 0 Å². The zero-order chi connectivity index (χ0) is 14.3. The minimum atomic E-state index is -3.20. The van der Waals surface area contributed by atoms with E-state index in [1.54, 1.807) is 0 Å². The van der Waals surface area contributed by atoms with Crippen molar-refractivity contribution >= 4 is 10.0 Å². The highest BCUT2D eigenvalue weighted by Gasteiger charge is 2.16. The lowest BCUT2D eigenvalue weighted by Crippen LogP contribution is -2.29. The Morgan fingerprint density at radius 1 is 1.21 bits per heavy atom. The first-order valence-electron chi connectivity index (χ1n) is 6.66. The lowest BCUT2D eigenvalue weighted by molar-refractivity contribution is 0.561. The van der Waals surface area contributed by atoms with Crippen LogP contribution in [0, 0.1) is 6.92 Å². The van der Waals surface area contributed by atoms with Gasteiger partial charge in [0.1, 0.15) is 0 Å². The van der Waals surface area contributed by atoms with Crippen molar-refractivity contribution in [1.82, 2.24) is 10.0 Å². The van der Waals surface area contributed by atoms with Gasteiger partial charge in [-0.15, -0.1) is 0 Å². The Morgan fingerprint density at radius 3 is 2.53 bits per heavy atom. The highest BCUT2D eigenvalue weighted by Crippen LogP contribution is 2.17. The molecule has 0 saturated heterocycles. The van der Waals surface area contributed by atoms with Crippen LogP contribution in [-0.2, 0) is 10.0 Å². The molecule has 5 heteroatoms. The first kappa shape index (κ1) is 16.1.